The van der Waals surface area contributed by atoms with Crippen LogP contribution in [-0.4, -0.2) is 18.3 Å². The van der Waals surface area contributed by atoms with Crippen molar-refractivity contribution in [1.82, 2.24) is 5.32 Å². The molecule has 2 nitrogen and oxygen atoms in total. The summed E-state index contributed by atoms with van der Waals surface area (Å²) in [6.07, 6.45) is 1.47. The summed E-state index contributed by atoms with van der Waals surface area (Å²) in [4.78, 5) is 10.8. The van der Waals surface area contributed by atoms with Gasteiger partial charge in [0.2, 0.25) is 5.91 Å². The van der Waals surface area contributed by atoms with E-state index >= 15 is 0 Å². The summed E-state index contributed by atoms with van der Waals surface area (Å²) in [5.41, 5.74) is 0. The molecular weight excluding hydrogens is 162 g/mol. The lowest BCUT2D eigenvalue weighted by atomic mass is 10.1. The highest BCUT2D eigenvalue weighted by atomic mass is 35.5. The minimum atomic E-state index is 0.0562. The Morgan fingerprint density at radius 1 is 1.55 bits per heavy atom. The molecule has 0 fully saturated rings. The second-order valence-electron chi connectivity index (χ2n) is 2.97. The second-order valence-corrected chi connectivity index (χ2v) is 3.35. The van der Waals surface area contributed by atoms with Gasteiger partial charge in [0.1, 0.15) is 0 Å². The molecule has 0 aliphatic carbocycles. The molecule has 0 aliphatic heterocycles. The van der Waals surface area contributed by atoms with Crippen LogP contribution in [0, 0.1) is 5.92 Å². The third-order valence-corrected chi connectivity index (χ3v) is 1.55. The van der Waals surface area contributed by atoms with Gasteiger partial charge in [-0.1, -0.05) is 13.8 Å². The normalized spacial score (nSPS) is 10.2. The first-order valence-electron chi connectivity index (χ1n) is 3.99. The van der Waals surface area contributed by atoms with Crippen molar-refractivity contribution in [3.63, 3.8) is 0 Å². The molecule has 0 aromatic carbocycles. The van der Waals surface area contributed by atoms with E-state index < -0.39 is 0 Å². The monoisotopic (exact) mass is 177 g/mol. The third-order valence-electron chi connectivity index (χ3n) is 1.37. The number of carbonyl (C=O) groups is 1. The molecule has 0 saturated heterocycles. The number of nitrogens with one attached hydrogen (secondary N) is 1. The molecule has 1 amide bonds. The van der Waals surface area contributed by atoms with Crippen LogP contribution in [0.2, 0.25) is 0 Å². The third kappa shape index (κ3) is 7.66. The smallest absolute Gasteiger partial charge is 0.221 e. The number of hydrogen-bond donors (Lipinski definition) is 1. The summed E-state index contributed by atoms with van der Waals surface area (Å²) in [5, 5.41) is 2.79. The van der Waals surface area contributed by atoms with Crippen molar-refractivity contribution < 1.29 is 4.79 Å². The lowest BCUT2D eigenvalue weighted by Crippen LogP contribution is -2.25. The van der Waals surface area contributed by atoms with E-state index in [1.54, 1.807) is 0 Å². The molecule has 0 radical (unpaired) electrons. The van der Waals surface area contributed by atoms with Crippen molar-refractivity contribution in [3.8, 4) is 0 Å². The maximum atomic E-state index is 10.8. The number of carbonyl (C=O) groups excluding carboxylic acids is 1. The molecule has 11 heavy (non-hydrogen) atoms. The minimum Gasteiger partial charge on any atom is -0.356 e. The lowest BCUT2D eigenvalue weighted by Gasteiger charge is -2.05. The van der Waals surface area contributed by atoms with Crippen molar-refractivity contribution in [2.24, 2.45) is 5.92 Å². The molecule has 1 N–H and O–H groups in total. The average molecular weight is 178 g/mol. The predicted octanol–water partition coefficient (Wildman–Crippen LogP) is 1.78. The molecular formula is C8H16ClNO. The number of amides is 1. The molecule has 0 aliphatic rings. The highest BCUT2D eigenvalue weighted by Crippen LogP contribution is 1.96. The standard InChI is InChI=1S/C8H16ClNO/c1-7(2)4-6-10-8(11)3-5-9/h7H,3-6H2,1-2H3,(H,10,11). The van der Waals surface area contributed by atoms with E-state index in [0.29, 0.717) is 18.2 Å². The Morgan fingerprint density at radius 3 is 2.64 bits per heavy atom. The van der Waals surface area contributed by atoms with E-state index in [1.807, 2.05) is 0 Å². The summed E-state index contributed by atoms with van der Waals surface area (Å²) < 4.78 is 0. The Kier molecular flexibility index (Phi) is 6.33. The van der Waals surface area contributed by atoms with Gasteiger partial charge in [0.25, 0.3) is 0 Å². The molecule has 66 valence electrons. The zero-order valence-corrected chi connectivity index (χ0v) is 7.95. The van der Waals surface area contributed by atoms with Crippen molar-refractivity contribution >= 4 is 17.5 Å². The molecule has 0 atom stereocenters. The van der Waals surface area contributed by atoms with Crippen LogP contribution in [0.5, 0.6) is 0 Å². The first-order chi connectivity index (χ1) is 5.16. The fraction of sp³-hybridized carbons (Fsp3) is 0.875. The molecule has 0 saturated carbocycles. The number of hydrogen-bond acceptors (Lipinski definition) is 1. The summed E-state index contributed by atoms with van der Waals surface area (Å²) in [6, 6.07) is 0. The van der Waals surface area contributed by atoms with E-state index in [2.05, 4.69) is 19.2 Å². The van der Waals surface area contributed by atoms with Gasteiger partial charge in [0.15, 0.2) is 0 Å². The zero-order valence-electron chi connectivity index (χ0n) is 7.19. The number of rotatable bonds is 5. The predicted molar refractivity (Wildman–Crippen MR) is 47.8 cm³/mol. The Balaban J connectivity index is 3.17. The number of alkyl halides is 1. The molecule has 0 unspecified atom stereocenters. The van der Waals surface area contributed by atoms with Gasteiger partial charge in [-0.15, -0.1) is 11.6 Å². The average Bonchev–Trinajstić information content (AvgIpc) is 1.87. The minimum absolute atomic E-state index is 0.0562. The Labute approximate surface area is 73.3 Å². The van der Waals surface area contributed by atoms with Gasteiger partial charge in [-0.2, -0.15) is 0 Å². The molecule has 0 spiro atoms. The lowest BCUT2D eigenvalue weighted by molar-refractivity contribution is -0.120. The van der Waals surface area contributed by atoms with Crippen LogP contribution in [0.3, 0.4) is 0 Å². The van der Waals surface area contributed by atoms with E-state index in [1.165, 1.54) is 0 Å². The molecule has 0 rings (SSSR count). The van der Waals surface area contributed by atoms with Crippen molar-refractivity contribution in [1.29, 1.82) is 0 Å². The van der Waals surface area contributed by atoms with Crippen LogP contribution in [-0.2, 0) is 4.79 Å². The van der Waals surface area contributed by atoms with Crippen LogP contribution in [0.1, 0.15) is 26.7 Å². The van der Waals surface area contributed by atoms with Gasteiger partial charge in [0, 0.05) is 18.8 Å². The molecule has 0 heterocycles. The van der Waals surface area contributed by atoms with Crippen LogP contribution >= 0.6 is 11.6 Å². The second kappa shape index (κ2) is 6.47. The summed E-state index contributed by atoms with van der Waals surface area (Å²) in [7, 11) is 0. The summed E-state index contributed by atoms with van der Waals surface area (Å²) in [6.45, 7) is 5.04. The van der Waals surface area contributed by atoms with Gasteiger partial charge in [0.05, 0.1) is 0 Å². The van der Waals surface area contributed by atoms with Gasteiger partial charge in [-0.3, -0.25) is 4.79 Å². The van der Waals surface area contributed by atoms with Crippen LogP contribution in [0.15, 0.2) is 0 Å². The van der Waals surface area contributed by atoms with Gasteiger partial charge < -0.3 is 5.32 Å². The van der Waals surface area contributed by atoms with Gasteiger partial charge in [-0.25, -0.2) is 0 Å². The van der Waals surface area contributed by atoms with Crippen molar-refractivity contribution in [2.75, 3.05) is 12.4 Å². The van der Waals surface area contributed by atoms with E-state index in [0.717, 1.165) is 13.0 Å². The van der Waals surface area contributed by atoms with Crippen LogP contribution < -0.4 is 5.32 Å². The molecule has 0 aromatic rings. The van der Waals surface area contributed by atoms with Crippen molar-refractivity contribution in [2.45, 2.75) is 26.7 Å². The SMILES string of the molecule is CC(C)CCNC(=O)CCCl. The maximum Gasteiger partial charge on any atom is 0.221 e. The summed E-state index contributed by atoms with van der Waals surface area (Å²) in [5.74, 6) is 1.11. The molecule has 3 heteroatoms. The quantitative estimate of drug-likeness (QED) is 0.638. The van der Waals surface area contributed by atoms with E-state index in [-0.39, 0.29) is 5.91 Å². The topological polar surface area (TPSA) is 29.1 Å². The van der Waals surface area contributed by atoms with Gasteiger partial charge in [-0.05, 0) is 12.3 Å². The van der Waals surface area contributed by atoms with Crippen LogP contribution in [0.25, 0.3) is 0 Å². The first kappa shape index (κ1) is 10.8. The van der Waals surface area contributed by atoms with E-state index in [9.17, 15) is 4.79 Å². The molecule has 0 aromatic heterocycles. The van der Waals surface area contributed by atoms with Crippen LogP contribution in [0.4, 0.5) is 0 Å². The fourth-order valence-corrected chi connectivity index (χ4v) is 0.846. The highest BCUT2D eigenvalue weighted by Gasteiger charge is 1.99. The molecule has 0 bridgehead atoms. The maximum absolute atomic E-state index is 10.8. The van der Waals surface area contributed by atoms with Crippen molar-refractivity contribution in [3.05, 3.63) is 0 Å². The summed E-state index contributed by atoms with van der Waals surface area (Å²) >= 11 is 5.38. The Bertz CT molecular complexity index is 115. The Hall–Kier alpha value is -0.240. The number of halogens is 1. The fourth-order valence-electron chi connectivity index (χ4n) is 0.674. The van der Waals surface area contributed by atoms with E-state index in [4.69, 9.17) is 11.6 Å². The Morgan fingerprint density at radius 2 is 2.18 bits per heavy atom. The largest absolute Gasteiger partial charge is 0.356 e. The first-order valence-corrected chi connectivity index (χ1v) is 4.53. The highest BCUT2D eigenvalue weighted by molar-refractivity contribution is 6.18. The van der Waals surface area contributed by atoms with Gasteiger partial charge >= 0.3 is 0 Å². The zero-order chi connectivity index (χ0) is 8.69.